The number of nitro benzene ring substituents is 1. The Kier molecular flexibility index (Phi) is 5.62. The van der Waals surface area contributed by atoms with E-state index in [-0.39, 0.29) is 18.0 Å². The van der Waals surface area contributed by atoms with Gasteiger partial charge in [-0.3, -0.25) is 14.9 Å². The van der Waals surface area contributed by atoms with Crippen LogP contribution in [0.25, 0.3) is 0 Å². The van der Waals surface area contributed by atoms with Crippen LogP contribution in [0.3, 0.4) is 0 Å². The Morgan fingerprint density at radius 1 is 1.09 bits per heavy atom. The zero-order chi connectivity index (χ0) is 16.7. The molecule has 2 aromatic rings. The summed E-state index contributed by atoms with van der Waals surface area (Å²) in [4.78, 5) is 21.8. The van der Waals surface area contributed by atoms with Crippen LogP contribution in [0.4, 0.5) is 15.8 Å². The zero-order valence-electron chi connectivity index (χ0n) is 12.3. The van der Waals surface area contributed by atoms with Crippen LogP contribution in [0.5, 0.6) is 0 Å². The van der Waals surface area contributed by atoms with Crippen molar-refractivity contribution in [3.05, 3.63) is 70.0 Å². The summed E-state index contributed by atoms with van der Waals surface area (Å²) in [6.45, 7) is 0.825. The lowest BCUT2D eigenvalue weighted by molar-refractivity contribution is -0.384. The number of anilines is 1. The molecule has 2 N–H and O–H groups in total. The summed E-state index contributed by atoms with van der Waals surface area (Å²) in [5, 5.41) is 16.2. The van der Waals surface area contributed by atoms with Gasteiger partial charge < -0.3 is 10.6 Å². The van der Waals surface area contributed by atoms with Crippen LogP contribution in [0.1, 0.15) is 5.56 Å². The molecule has 1 amide bonds. The normalized spacial score (nSPS) is 10.1. The van der Waals surface area contributed by atoms with Gasteiger partial charge >= 0.3 is 0 Å². The van der Waals surface area contributed by atoms with E-state index < -0.39 is 10.7 Å². The van der Waals surface area contributed by atoms with Crippen molar-refractivity contribution in [1.82, 2.24) is 5.32 Å². The standard InChI is InChI=1S/C16H16FN3O3/c17-15-4-2-1-3-12(15)11-16(21)19-10-9-18-13-5-7-14(8-6-13)20(22)23/h1-8,18H,9-11H2,(H,19,21). The number of carbonyl (C=O) groups excluding carboxylic acids is 1. The van der Waals surface area contributed by atoms with E-state index in [0.29, 0.717) is 18.7 Å². The summed E-state index contributed by atoms with van der Waals surface area (Å²) in [6.07, 6.45) is -0.00972. The van der Waals surface area contributed by atoms with Gasteiger partial charge in [-0.2, -0.15) is 0 Å². The fourth-order valence-corrected chi connectivity index (χ4v) is 1.99. The highest BCUT2D eigenvalue weighted by Crippen LogP contribution is 2.14. The first-order chi connectivity index (χ1) is 11.1. The summed E-state index contributed by atoms with van der Waals surface area (Å²) in [5.41, 5.74) is 1.10. The van der Waals surface area contributed by atoms with Crippen molar-refractivity contribution in [2.24, 2.45) is 0 Å². The molecule has 0 fully saturated rings. The van der Waals surface area contributed by atoms with Gasteiger partial charge in [-0.25, -0.2) is 4.39 Å². The van der Waals surface area contributed by atoms with Gasteiger partial charge in [0.05, 0.1) is 11.3 Å². The molecule has 2 aromatic carbocycles. The number of benzene rings is 2. The Morgan fingerprint density at radius 3 is 2.43 bits per heavy atom. The predicted octanol–water partition coefficient (Wildman–Crippen LogP) is 2.50. The summed E-state index contributed by atoms with van der Waals surface area (Å²) >= 11 is 0. The molecule has 7 heteroatoms. The second-order valence-corrected chi connectivity index (χ2v) is 4.85. The number of carbonyl (C=O) groups is 1. The van der Waals surface area contributed by atoms with Gasteiger partial charge in [0.1, 0.15) is 5.82 Å². The number of non-ortho nitro benzene ring substituents is 1. The fraction of sp³-hybridized carbons (Fsp3) is 0.188. The van der Waals surface area contributed by atoms with Gasteiger partial charge in [0.25, 0.3) is 5.69 Å². The van der Waals surface area contributed by atoms with Crippen molar-refractivity contribution < 1.29 is 14.1 Å². The molecule has 0 atom stereocenters. The van der Waals surface area contributed by atoms with Crippen LogP contribution in [0, 0.1) is 15.9 Å². The van der Waals surface area contributed by atoms with Gasteiger partial charge in [0.2, 0.25) is 5.91 Å². The van der Waals surface area contributed by atoms with E-state index in [2.05, 4.69) is 10.6 Å². The number of nitrogens with one attached hydrogen (secondary N) is 2. The minimum absolute atomic E-state index is 0.00972. The molecule has 0 aliphatic heterocycles. The maximum Gasteiger partial charge on any atom is 0.269 e. The smallest absolute Gasteiger partial charge is 0.269 e. The molecule has 0 aliphatic carbocycles. The second kappa shape index (κ2) is 7.88. The Labute approximate surface area is 132 Å². The van der Waals surface area contributed by atoms with Gasteiger partial charge in [-0.05, 0) is 23.8 Å². The first-order valence-corrected chi connectivity index (χ1v) is 7.04. The first-order valence-electron chi connectivity index (χ1n) is 7.04. The van der Waals surface area contributed by atoms with Crippen LogP contribution >= 0.6 is 0 Å². The predicted molar refractivity (Wildman–Crippen MR) is 84.7 cm³/mol. The number of halogens is 1. The van der Waals surface area contributed by atoms with Crippen molar-refractivity contribution in [3.63, 3.8) is 0 Å². The number of rotatable bonds is 7. The van der Waals surface area contributed by atoms with Crippen LogP contribution in [0.15, 0.2) is 48.5 Å². The molecule has 6 nitrogen and oxygen atoms in total. The van der Waals surface area contributed by atoms with Crippen molar-refractivity contribution in [3.8, 4) is 0 Å². The topological polar surface area (TPSA) is 84.3 Å². The molecule has 0 radical (unpaired) electrons. The highest BCUT2D eigenvalue weighted by atomic mass is 19.1. The molecule has 0 saturated heterocycles. The van der Waals surface area contributed by atoms with E-state index in [4.69, 9.17) is 0 Å². The maximum atomic E-state index is 13.4. The Bertz CT molecular complexity index is 689. The van der Waals surface area contributed by atoms with E-state index >= 15 is 0 Å². The lowest BCUT2D eigenvalue weighted by Gasteiger charge is -2.08. The average Bonchev–Trinajstić information content (AvgIpc) is 2.54. The molecule has 0 bridgehead atoms. The number of hydrogen-bond acceptors (Lipinski definition) is 4. The molecule has 0 aliphatic rings. The zero-order valence-corrected chi connectivity index (χ0v) is 12.3. The minimum atomic E-state index is -0.466. The summed E-state index contributed by atoms with van der Waals surface area (Å²) in [5.74, 6) is -0.660. The summed E-state index contributed by atoms with van der Waals surface area (Å²) in [6, 6.07) is 12.1. The number of nitro groups is 1. The van der Waals surface area contributed by atoms with Gasteiger partial charge in [0.15, 0.2) is 0 Å². The van der Waals surface area contributed by atoms with E-state index in [1.807, 2.05) is 0 Å². The second-order valence-electron chi connectivity index (χ2n) is 4.85. The molecule has 0 heterocycles. The molecular weight excluding hydrogens is 301 g/mol. The van der Waals surface area contributed by atoms with E-state index in [0.717, 1.165) is 5.69 Å². The number of nitrogens with zero attached hydrogens (tertiary/aromatic N) is 1. The van der Waals surface area contributed by atoms with E-state index in [9.17, 15) is 19.3 Å². The third-order valence-electron chi connectivity index (χ3n) is 3.16. The van der Waals surface area contributed by atoms with Crippen molar-refractivity contribution in [2.75, 3.05) is 18.4 Å². The van der Waals surface area contributed by atoms with E-state index in [1.54, 1.807) is 30.3 Å². The Balaban J connectivity index is 1.71. The molecule has 23 heavy (non-hydrogen) atoms. The fourth-order valence-electron chi connectivity index (χ4n) is 1.99. The lowest BCUT2D eigenvalue weighted by Crippen LogP contribution is -2.30. The molecular formula is C16H16FN3O3. The molecule has 2 rings (SSSR count). The Morgan fingerprint density at radius 2 is 1.78 bits per heavy atom. The van der Waals surface area contributed by atoms with Gasteiger partial charge in [0, 0.05) is 30.9 Å². The molecule has 0 unspecified atom stereocenters. The third-order valence-corrected chi connectivity index (χ3v) is 3.16. The minimum Gasteiger partial charge on any atom is -0.383 e. The average molecular weight is 317 g/mol. The first kappa shape index (κ1) is 16.4. The summed E-state index contributed by atoms with van der Waals surface area (Å²) < 4.78 is 13.4. The molecule has 0 spiro atoms. The van der Waals surface area contributed by atoms with Crippen molar-refractivity contribution in [2.45, 2.75) is 6.42 Å². The third kappa shape index (κ3) is 5.06. The van der Waals surface area contributed by atoms with Gasteiger partial charge in [-0.15, -0.1) is 0 Å². The van der Waals surface area contributed by atoms with E-state index in [1.165, 1.54) is 18.2 Å². The highest BCUT2D eigenvalue weighted by Gasteiger charge is 2.07. The molecule has 0 saturated carbocycles. The largest absolute Gasteiger partial charge is 0.383 e. The lowest BCUT2D eigenvalue weighted by atomic mass is 10.1. The monoisotopic (exact) mass is 317 g/mol. The number of amides is 1. The van der Waals surface area contributed by atoms with Gasteiger partial charge in [-0.1, -0.05) is 18.2 Å². The Hall–Kier alpha value is -2.96. The molecule has 120 valence electrons. The van der Waals surface area contributed by atoms with Crippen LogP contribution in [-0.4, -0.2) is 23.9 Å². The summed E-state index contributed by atoms with van der Waals surface area (Å²) in [7, 11) is 0. The van der Waals surface area contributed by atoms with Crippen molar-refractivity contribution in [1.29, 1.82) is 0 Å². The van der Waals surface area contributed by atoms with Crippen LogP contribution in [0.2, 0.25) is 0 Å². The quantitative estimate of drug-likeness (QED) is 0.467. The SMILES string of the molecule is O=C(Cc1ccccc1F)NCCNc1ccc([N+](=O)[O-])cc1. The van der Waals surface area contributed by atoms with Crippen LogP contribution in [-0.2, 0) is 11.2 Å². The van der Waals surface area contributed by atoms with Crippen LogP contribution < -0.4 is 10.6 Å². The highest BCUT2D eigenvalue weighted by molar-refractivity contribution is 5.78. The number of hydrogen-bond donors (Lipinski definition) is 2. The molecule has 0 aromatic heterocycles. The maximum absolute atomic E-state index is 13.4. The van der Waals surface area contributed by atoms with Crippen molar-refractivity contribution >= 4 is 17.3 Å².